The zero-order valence-corrected chi connectivity index (χ0v) is 14.6. The van der Waals surface area contributed by atoms with Crippen LogP contribution in [-0.4, -0.2) is 11.6 Å². The Morgan fingerprint density at radius 1 is 0.885 bits per heavy atom. The third kappa shape index (κ3) is 3.52. The van der Waals surface area contributed by atoms with E-state index < -0.39 is 0 Å². The molecule has 1 aromatic heterocycles. The first-order valence-electron chi connectivity index (χ1n) is 8.69. The maximum absolute atomic E-state index is 5.82. The Balaban J connectivity index is 1.57. The molecule has 0 aliphatic carbocycles. The highest BCUT2D eigenvalue weighted by Gasteiger charge is 2.05. The number of rotatable bonds is 5. The summed E-state index contributed by atoms with van der Waals surface area (Å²) >= 11 is 0. The molecule has 0 spiro atoms. The van der Waals surface area contributed by atoms with Gasteiger partial charge in [0.2, 0.25) is 5.89 Å². The van der Waals surface area contributed by atoms with Gasteiger partial charge in [-0.05, 0) is 54.0 Å². The molecule has 0 N–H and O–H groups in total. The van der Waals surface area contributed by atoms with Crippen LogP contribution in [0, 0.1) is 0 Å². The molecular formula is C23H19NO2. The Morgan fingerprint density at radius 2 is 1.69 bits per heavy atom. The van der Waals surface area contributed by atoms with Crippen molar-refractivity contribution in [3.63, 3.8) is 0 Å². The highest BCUT2D eigenvalue weighted by Crippen LogP contribution is 2.25. The summed E-state index contributed by atoms with van der Waals surface area (Å²) in [4.78, 5) is 4.58. The molecule has 3 heteroatoms. The van der Waals surface area contributed by atoms with Crippen molar-refractivity contribution in [2.75, 3.05) is 6.61 Å². The second kappa shape index (κ2) is 7.28. The molecule has 0 atom stereocenters. The number of ether oxygens (including phenoxy) is 1. The maximum Gasteiger partial charge on any atom is 0.220 e. The summed E-state index contributed by atoms with van der Waals surface area (Å²) in [6.07, 6.45) is 3.87. The Labute approximate surface area is 152 Å². The van der Waals surface area contributed by atoms with Crippen LogP contribution in [0.1, 0.15) is 18.4 Å². The fourth-order valence-electron chi connectivity index (χ4n) is 2.84. The molecule has 3 nitrogen and oxygen atoms in total. The van der Waals surface area contributed by atoms with Crippen LogP contribution in [0.4, 0.5) is 0 Å². The van der Waals surface area contributed by atoms with Gasteiger partial charge in [-0.15, -0.1) is 0 Å². The molecule has 0 unspecified atom stereocenters. The van der Waals surface area contributed by atoms with Crippen molar-refractivity contribution in [1.82, 2.24) is 4.98 Å². The number of oxazole rings is 1. The van der Waals surface area contributed by atoms with Gasteiger partial charge < -0.3 is 9.15 Å². The SMILES string of the molecule is CCOc1ccc(/C=C/c2nc3cc(-c4ccccc4)ccc3o2)cc1. The first-order chi connectivity index (χ1) is 12.8. The monoisotopic (exact) mass is 341 g/mol. The van der Waals surface area contributed by atoms with Crippen LogP contribution < -0.4 is 4.74 Å². The van der Waals surface area contributed by atoms with Gasteiger partial charge >= 0.3 is 0 Å². The van der Waals surface area contributed by atoms with Gasteiger partial charge in [-0.3, -0.25) is 0 Å². The highest BCUT2D eigenvalue weighted by atomic mass is 16.5. The highest BCUT2D eigenvalue weighted by molar-refractivity contribution is 5.82. The molecule has 0 bridgehead atoms. The molecule has 0 amide bonds. The van der Waals surface area contributed by atoms with Crippen molar-refractivity contribution in [2.45, 2.75) is 6.92 Å². The van der Waals surface area contributed by atoms with Gasteiger partial charge in [0.15, 0.2) is 5.58 Å². The smallest absolute Gasteiger partial charge is 0.220 e. The molecule has 4 aromatic rings. The molecule has 0 saturated carbocycles. The van der Waals surface area contributed by atoms with Crippen LogP contribution in [0.25, 0.3) is 34.4 Å². The van der Waals surface area contributed by atoms with Gasteiger partial charge in [0.1, 0.15) is 11.3 Å². The van der Waals surface area contributed by atoms with Gasteiger partial charge in [-0.25, -0.2) is 4.98 Å². The molecule has 0 aliphatic rings. The normalized spacial score (nSPS) is 11.3. The van der Waals surface area contributed by atoms with Crippen LogP contribution in [0.2, 0.25) is 0 Å². The van der Waals surface area contributed by atoms with E-state index in [9.17, 15) is 0 Å². The molecule has 128 valence electrons. The Kier molecular flexibility index (Phi) is 4.52. The molecule has 3 aromatic carbocycles. The van der Waals surface area contributed by atoms with Crippen LogP contribution in [0.5, 0.6) is 5.75 Å². The Bertz CT molecular complexity index is 1030. The Hall–Kier alpha value is -3.33. The van der Waals surface area contributed by atoms with Crippen LogP contribution in [-0.2, 0) is 0 Å². The summed E-state index contributed by atoms with van der Waals surface area (Å²) in [6, 6.07) is 24.3. The second-order valence-electron chi connectivity index (χ2n) is 5.94. The third-order valence-electron chi connectivity index (χ3n) is 4.12. The fraction of sp³-hybridized carbons (Fsp3) is 0.0870. The van der Waals surface area contributed by atoms with E-state index in [-0.39, 0.29) is 0 Å². The van der Waals surface area contributed by atoms with Gasteiger partial charge in [0.25, 0.3) is 0 Å². The summed E-state index contributed by atoms with van der Waals surface area (Å²) in [6.45, 7) is 2.65. The lowest BCUT2D eigenvalue weighted by Crippen LogP contribution is -1.90. The van der Waals surface area contributed by atoms with Gasteiger partial charge in [-0.2, -0.15) is 0 Å². The van der Waals surface area contributed by atoms with Crippen molar-refractivity contribution in [3.8, 4) is 16.9 Å². The predicted octanol–water partition coefficient (Wildman–Crippen LogP) is 6.06. The minimum atomic E-state index is 0.596. The predicted molar refractivity (Wildman–Crippen MR) is 106 cm³/mol. The first-order valence-corrected chi connectivity index (χ1v) is 8.69. The topological polar surface area (TPSA) is 35.3 Å². The van der Waals surface area contributed by atoms with E-state index in [2.05, 4.69) is 29.2 Å². The average Bonchev–Trinajstić information content (AvgIpc) is 3.10. The number of benzene rings is 3. The van der Waals surface area contributed by atoms with Crippen molar-refractivity contribution < 1.29 is 9.15 Å². The number of hydrogen-bond acceptors (Lipinski definition) is 3. The van der Waals surface area contributed by atoms with Gasteiger partial charge in [-0.1, -0.05) is 48.5 Å². The first kappa shape index (κ1) is 16.2. The van der Waals surface area contributed by atoms with Crippen molar-refractivity contribution in [3.05, 3.63) is 84.3 Å². The summed E-state index contributed by atoms with van der Waals surface area (Å²) in [5.41, 5.74) is 5.02. The largest absolute Gasteiger partial charge is 0.494 e. The second-order valence-corrected chi connectivity index (χ2v) is 5.94. The van der Waals surface area contributed by atoms with E-state index in [1.165, 1.54) is 5.56 Å². The molecule has 0 radical (unpaired) electrons. The minimum Gasteiger partial charge on any atom is -0.494 e. The molecule has 0 aliphatic heterocycles. The van der Waals surface area contributed by atoms with E-state index in [0.29, 0.717) is 12.5 Å². The number of aromatic nitrogens is 1. The molecule has 26 heavy (non-hydrogen) atoms. The quantitative estimate of drug-likeness (QED) is 0.442. The van der Waals surface area contributed by atoms with Crippen LogP contribution >= 0.6 is 0 Å². The zero-order valence-electron chi connectivity index (χ0n) is 14.6. The standard InChI is InChI=1S/C23H19NO2/c1-2-25-20-12-8-17(9-13-20)10-15-23-24-21-16-19(11-14-22(21)26-23)18-6-4-3-5-7-18/h3-16H,2H2,1H3/b15-10+. The van der Waals surface area contributed by atoms with Gasteiger partial charge in [0.05, 0.1) is 6.61 Å². The van der Waals surface area contributed by atoms with E-state index in [1.54, 1.807) is 0 Å². The lowest BCUT2D eigenvalue weighted by molar-refractivity contribution is 0.340. The molecular weight excluding hydrogens is 322 g/mol. The van der Waals surface area contributed by atoms with E-state index >= 15 is 0 Å². The summed E-state index contributed by atoms with van der Waals surface area (Å²) in [5, 5.41) is 0. The third-order valence-corrected chi connectivity index (χ3v) is 4.12. The van der Waals surface area contributed by atoms with Crippen LogP contribution in [0.15, 0.2) is 77.2 Å². The number of nitrogens with zero attached hydrogens (tertiary/aromatic N) is 1. The number of fused-ring (bicyclic) bond motifs is 1. The van der Waals surface area contributed by atoms with Gasteiger partial charge in [0, 0.05) is 6.08 Å². The van der Waals surface area contributed by atoms with Crippen molar-refractivity contribution in [1.29, 1.82) is 0 Å². The molecule has 4 rings (SSSR count). The lowest BCUT2D eigenvalue weighted by Gasteiger charge is -2.01. The average molecular weight is 341 g/mol. The van der Waals surface area contributed by atoms with E-state index in [1.807, 2.05) is 67.6 Å². The molecule has 0 saturated heterocycles. The summed E-state index contributed by atoms with van der Waals surface area (Å²) in [5.74, 6) is 1.47. The van der Waals surface area contributed by atoms with Crippen molar-refractivity contribution in [2.24, 2.45) is 0 Å². The zero-order chi connectivity index (χ0) is 17.8. The van der Waals surface area contributed by atoms with E-state index in [0.717, 1.165) is 28.0 Å². The number of hydrogen-bond donors (Lipinski definition) is 0. The van der Waals surface area contributed by atoms with E-state index in [4.69, 9.17) is 9.15 Å². The minimum absolute atomic E-state index is 0.596. The maximum atomic E-state index is 5.82. The lowest BCUT2D eigenvalue weighted by atomic mass is 10.1. The summed E-state index contributed by atoms with van der Waals surface area (Å²) in [7, 11) is 0. The van der Waals surface area contributed by atoms with Crippen LogP contribution in [0.3, 0.4) is 0 Å². The summed E-state index contributed by atoms with van der Waals surface area (Å²) < 4.78 is 11.3. The Morgan fingerprint density at radius 3 is 2.46 bits per heavy atom. The molecule has 1 heterocycles. The molecule has 0 fully saturated rings. The van der Waals surface area contributed by atoms with Crippen molar-refractivity contribution >= 4 is 23.3 Å². The fourth-order valence-corrected chi connectivity index (χ4v) is 2.84.